The third-order valence-corrected chi connectivity index (χ3v) is 4.31. The second-order valence-electron chi connectivity index (χ2n) is 3.86. The van der Waals surface area contributed by atoms with Gasteiger partial charge >= 0.3 is 7.82 Å². The molecule has 1 saturated heterocycles. The van der Waals surface area contributed by atoms with Gasteiger partial charge in [0.25, 0.3) is 0 Å². The molecule has 0 aliphatic carbocycles. The molecule has 0 amide bonds. The molecule has 1 rings (SSSR count). The van der Waals surface area contributed by atoms with Crippen LogP contribution in [0.2, 0.25) is 0 Å². The van der Waals surface area contributed by atoms with Gasteiger partial charge in [0.15, 0.2) is 0 Å². The average Bonchev–Trinajstić information content (AvgIpc) is 3.09. The number of phosphoric ester groups is 1. The molecule has 1 heterocycles. The Kier molecular flexibility index (Phi) is 6.77. The van der Waals surface area contributed by atoms with E-state index in [-0.39, 0.29) is 18.9 Å². The Balaban J connectivity index is 2.34. The van der Waals surface area contributed by atoms with E-state index in [0.717, 1.165) is 13.1 Å². The fourth-order valence-electron chi connectivity index (χ4n) is 1.75. The summed E-state index contributed by atoms with van der Waals surface area (Å²) in [4.78, 5) is 2.18. The van der Waals surface area contributed by atoms with Crippen molar-refractivity contribution >= 4 is 7.82 Å². The van der Waals surface area contributed by atoms with E-state index >= 15 is 0 Å². The van der Waals surface area contributed by atoms with Gasteiger partial charge in [0.05, 0.1) is 19.8 Å². The first kappa shape index (κ1) is 16.1. The standard InChI is InChI=1S/C11H24NO5P/c1-5-12(6-2)11-10(17-11)9-16-18(13,14-7-3)15-8-4/h10-11H,5-9H2,1-4H3. The highest BCUT2D eigenvalue weighted by Crippen LogP contribution is 2.50. The van der Waals surface area contributed by atoms with Crippen molar-refractivity contribution in [2.45, 2.75) is 40.0 Å². The fourth-order valence-corrected chi connectivity index (χ4v) is 2.94. The Morgan fingerprint density at radius 2 is 1.61 bits per heavy atom. The first-order valence-corrected chi connectivity index (χ1v) is 7.99. The Labute approximate surface area is 109 Å². The maximum Gasteiger partial charge on any atom is 0.474 e. The van der Waals surface area contributed by atoms with Crippen LogP contribution in [-0.4, -0.2) is 50.1 Å². The minimum Gasteiger partial charge on any atom is -0.350 e. The van der Waals surface area contributed by atoms with Gasteiger partial charge in [0, 0.05) is 0 Å². The molecule has 2 unspecified atom stereocenters. The van der Waals surface area contributed by atoms with Crippen molar-refractivity contribution in [2.75, 3.05) is 32.9 Å². The van der Waals surface area contributed by atoms with Gasteiger partial charge in [-0.2, -0.15) is 0 Å². The molecule has 0 saturated carbocycles. The monoisotopic (exact) mass is 281 g/mol. The zero-order chi connectivity index (χ0) is 13.6. The quantitative estimate of drug-likeness (QED) is 0.452. The van der Waals surface area contributed by atoms with Gasteiger partial charge in [0.2, 0.25) is 0 Å². The fraction of sp³-hybridized carbons (Fsp3) is 1.00. The minimum absolute atomic E-state index is 0.0425. The van der Waals surface area contributed by atoms with Crippen molar-refractivity contribution in [1.82, 2.24) is 4.90 Å². The Morgan fingerprint density at radius 3 is 2.06 bits per heavy atom. The van der Waals surface area contributed by atoms with Crippen molar-refractivity contribution in [3.63, 3.8) is 0 Å². The number of hydrogen-bond acceptors (Lipinski definition) is 6. The van der Waals surface area contributed by atoms with Crippen LogP contribution in [0.4, 0.5) is 0 Å². The summed E-state index contributed by atoms with van der Waals surface area (Å²) in [7, 11) is -3.41. The van der Waals surface area contributed by atoms with E-state index in [1.807, 2.05) is 0 Å². The van der Waals surface area contributed by atoms with Crippen LogP contribution in [0.1, 0.15) is 27.7 Å². The lowest BCUT2D eigenvalue weighted by molar-refractivity contribution is 0.114. The second kappa shape index (κ2) is 7.58. The van der Waals surface area contributed by atoms with E-state index in [4.69, 9.17) is 18.3 Å². The summed E-state index contributed by atoms with van der Waals surface area (Å²) in [6, 6.07) is 0. The number of ether oxygens (including phenoxy) is 1. The highest BCUT2D eigenvalue weighted by molar-refractivity contribution is 7.48. The van der Waals surface area contributed by atoms with Gasteiger partial charge in [0.1, 0.15) is 12.3 Å². The number of nitrogens with zero attached hydrogens (tertiary/aromatic N) is 1. The van der Waals surface area contributed by atoms with Crippen LogP contribution in [0.3, 0.4) is 0 Å². The van der Waals surface area contributed by atoms with Gasteiger partial charge in [-0.1, -0.05) is 13.8 Å². The molecule has 0 bridgehead atoms. The SMILES string of the molecule is CCOP(=O)(OCC)OCC1OC1N(CC)CC. The minimum atomic E-state index is -3.41. The first-order valence-electron chi connectivity index (χ1n) is 6.53. The summed E-state index contributed by atoms with van der Waals surface area (Å²) in [6.07, 6.45) is 0.0239. The van der Waals surface area contributed by atoms with E-state index in [0.29, 0.717) is 13.2 Å². The molecular weight excluding hydrogens is 257 g/mol. The predicted octanol–water partition coefficient (Wildman–Crippen LogP) is 2.25. The van der Waals surface area contributed by atoms with Crippen LogP contribution in [0.25, 0.3) is 0 Å². The zero-order valence-electron chi connectivity index (χ0n) is 11.6. The molecular formula is C11H24NO5P. The normalized spacial score (nSPS) is 23.6. The van der Waals surface area contributed by atoms with Crippen LogP contribution in [0.15, 0.2) is 0 Å². The molecule has 7 heteroatoms. The number of epoxide rings is 1. The molecule has 1 fully saturated rings. The van der Waals surface area contributed by atoms with Crippen molar-refractivity contribution in [3.8, 4) is 0 Å². The van der Waals surface area contributed by atoms with Gasteiger partial charge in [-0.3, -0.25) is 18.5 Å². The molecule has 0 spiro atoms. The molecule has 0 N–H and O–H groups in total. The molecule has 0 radical (unpaired) electrons. The maximum atomic E-state index is 12.0. The third-order valence-electron chi connectivity index (χ3n) is 2.70. The summed E-state index contributed by atoms with van der Waals surface area (Å²) in [5, 5.41) is 0. The Hall–Kier alpha value is 0.0300. The van der Waals surface area contributed by atoms with Crippen molar-refractivity contribution in [2.24, 2.45) is 0 Å². The summed E-state index contributed by atoms with van der Waals surface area (Å²) in [5.41, 5.74) is 0. The van der Waals surface area contributed by atoms with Crippen LogP contribution in [0, 0.1) is 0 Å². The van der Waals surface area contributed by atoms with E-state index in [2.05, 4.69) is 18.7 Å². The van der Waals surface area contributed by atoms with E-state index in [9.17, 15) is 4.57 Å². The summed E-state index contributed by atoms with van der Waals surface area (Å²) in [6.45, 7) is 10.3. The van der Waals surface area contributed by atoms with Gasteiger partial charge in [-0.25, -0.2) is 4.57 Å². The number of rotatable bonds is 10. The Morgan fingerprint density at radius 1 is 1.06 bits per heavy atom. The highest BCUT2D eigenvalue weighted by Gasteiger charge is 2.44. The van der Waals surface area contributed by atoms with Crippen LogP contribution in [0.5, 0.6) is 0 Å². The molecule has 2 atom stereocenters. The smallest absolute Gasteiger partial charge is 0.350 e. The van der Waals surface area contributed by atoms with Crippen molar-refractivity contribution in [3.05, 3.63) is 0 Å². The average molecular weight is 281 g/mol. The van der Waals surface area contributed by atoms with Crippen LogP contribution in [-0.2, 0) is 22.9 Å². The highest BCUT2D eigenvalue weighted by atomic mass is 31.2. The van der Waals surface area contributed by atoms with E-state index < -0.39 is 7.82 Å². The van der Waals surface area contributed by atoms with Crippen LogP contribution < -0.4 is 0 Å². The Bertz CT molecular complexity index is 275. The predicted molar refractivity (Wildman–Crippen MR) is 68.4 cm³/mol. The topological polar surface area (TPSA) is 60.5 Å². The summed E-state index contributed by atoms with van der Waals surface area (Å²) < 4.78 is 32.8. The molecule has 6 nitrogen and oxygen atoms in total. The molecule has 0 aromatic heterocycles. The number of hydrogen-bond donors (Lipinski definition) is 0. The van der Waals surface area contributed by atoms with Gasteiger partial charge in [-0.05, 0) is 26.9 Å². The molecule has 0 aromatic carbocycles. The van der Waals surface area contributed by atoms with E-state index in [1.54, 1.807) is 13.8 Å². The van der Waals surface area contributed by atoms with Gasteiger partial charge < -0.3 is 4.74 Å². The summed E-state index contributed by atoms with van der Waals surface area (Å²) >= 11 is 0. The molecule has 18 heavy (non-hydrogen) atoms. The molecule has 1 aliphatic rings. The molecule has 108 valence electrons. The number of phosphoric acid groups is 1. The largest absolute Gasteiger partial charge is 0.474 e. The maximum absolute atomic E-state index is 12.0. The first-order chi connectivity index (χ1) is 8.60. The second-order valence-corrected chi connectivity index (χ2v) is 5.53. The molecule has 0 aromatic rings. The van der Waals surface area contributed by atoms with Crippen molar-refractivity contribution < 1.29 is 22.9 Å². The zero-order valence-corrected chi connectivity index (χ0v) is 12.5. The van der Waals surface area contributed by atoms with Crippen molar-refractivity contribution in [1.29, 1.82) is 0 Å². The lowest BCUT2D eigenvalue weighted by atomic mass is 10.4. The third kappa shape index (κ3) is 4.61. The lowest BCUT2D eigenvalue weighted by Gasteiger charge is -2.17. The number of likely N-dealkylation sites (N-methyl/N-ethyl adjacent to an activating group) is 1. The lowest BCUT2D eigenvalue weighted by Crippen LogP contribution is -2.28. The van der Waals surface area contributed by atoms with Gasteiger partial charge in [-0.15, -0.1) is 0 Å². The molecule has 1 aliphatic heterocycles. The summed E-state index contributed by atoms with van der Waals surface area (Å²) in [5.74, 6) is 0. The van der Waals surface area contributed by atoms with Crippen LogP contribution >= 0.6 is 7.82 Å². The van der Waals surface area contributed by atoms with E-state index in [1.165, 1.54) is 0 Å².